The van der Waals surface area contributed by atoms with Gasteiger partial charge < -0.3 is 86.0 Å². The summed E-state index contributed by atoms with van der Waals surface area (Å²) >= 11 is 7.87. The number of hydrogen-bond acceptors (Lipinski definition) is 17. The molecule has 1 aromatic heterocycles. The molecule has 71 heavy (non-hydrogen) atoms. The molecule has 0 aromatic carbocycles. The number of aliphatic hydroxyl groups excluding tert-OH is 1. The van der Waals surface area contributed by atoms with Crippen molar-refractivity contribution in [3.05, 3.63) is 18.2 Å². The number of carboxylic acid groups (broad SMARTS) is 1. The molecule has 31 heteroatoms. The zero-order valence-corrected chi connectivity index (χ0v) is 40.9. The molecule has 1 saturated heterocycles. The minimum absolute atomic E-state index is 0.0292. The van der Waals surface area contributed by atoms with Crippen molar-refractivity contribution < 1.29 is 63.0 Å². The normalized spacial score (nSPS) is 16.9. The Kier molecular flexibility index (Phi) is 25.6. The lowest BCUT2D eigenvalue weighted by molar-refractivity contribution is -0.142. The van der Waals surface area contributed by atoms with Crippen LogP contribution in [-0.4, -0.2) is 181 Å². The number of carbonyl (C=O) groups is 11. The Balaban J connectivity index is 2.41. The standard InChI is InChI=1S/C40H66N16O13S2/c1-18(49-37(66)30(19(2)57)55-31(60)21(41)15-70)38(67)56-12-4-6-27(56)36(65)52-24(8-10-29(43)59)33(62)53-25(13-20-14-46-17-48-20)35(64)50-22(5-3-11-47-40(44)45)32(61)51-23(7-9-28(42)58)34(63)54-26(16-71)39(68)69/h14,17-19,21-27,30,57,70-71H,3-13,15-16,41H2,1-2H3,(H2,42,58)(H2,43,59)(H,46,48)(H,49,66)(H,50,64)(H,51,61)(H,52,65)(H,53,62)(H,54,63)(H,55,60)(H,68,69)(H4,44,45,47)/t18-,19+,21-,22-,23-,24-,25-,26-,27-,30-/m0/s1. The molecule has 0 saturated carbocycles. The van der Waals surface area contributed by atoms with Crippen molar-refractivity contribution in [2.75, 3.05) is 24.6 Å². The van der Waals surface area contributed by atoms with E-state index in [1.165, 1.54) is 26.4 Å². The van der Waals surface area contributed by atoms with Gasteiger partial charge in [0.25, 0.3) is 0 Å². The van der Waals surface area contributed by atoms with E-state index in [-0.39, 0.29) is 69.1 Å². The minimum atomic E-state index is -1.56. The zero-order valence-electron chi connectivity index (χ0n) is 39.1. The van der Waals surface area contributed by atoms with Gasteiger partial charge in [-0.1, -0.05) is 0 Å². The van der Waals surface area contributed by atoms with Crippen LogP contribution in [0.25, 0.3) is 0 Å². The Hall–Kier alpha value is -6.73. The molecule has 0 radical (unpaired) electrons. The van der Waals surface area contributed by atoms with E-state index in [9.17, 15) is 63.0 Å². The molecule has 396 valence electrons. The van der Waals surface area contributed by atoms with E-state index < -0.39 is 138 Å². The predicted molar refractivity (Wildman–Crippen MR) is 258 cm³/mol. The van der Waals surface area contributed by atoms with Crippen LogP contribution in [0.2, 0.25) is 0 Å². The molecule has 0 unspecified atom stereocenters. The first-order valence-corrected chi connectivity index (χ1v) is 23.6. The van der Waals surface area contributed by atoms with Gasteiger partial charge in [-0.15, -0.1) is 0 Å². The summed E-state index contributed by atoms with van der Waals surface area (Å²) in [5.74, 6) is -11.1. The zero-order chi connectivity index (χ0) is 53.5. The summed E-state index contributed by atoms with van der Waals surface area (Å²) in [6.07, 6.45) is -0.398. The fourth-order valence-electron chi connectivity index (χ4n) is 6.92. The molecule has 1 aromatic rings. The number of primary amides is 2. The topological polar surface area (TPSA) is 487 Å². The number of amides is 10. The van der Waals surface area contributed by atoms with E-state index in [4.69, 9.17) is 28.7 Å². The molecular formula is C40H66N16O13S2. The van der Waals surface area contributed by atoms with Crippen LogP contribution < -0.4 is 65.9 Å². The van der Waals surface area contributed by atoms with Crippen LogP contribution in [-0.2, 0) is 59.2 Å². The van der Waals surface area contributed by atoms with Crippen LogP contribution in [0.15, 0.2) is 17.5 Å². The number of thiol groups is 2. The van der Waals surface area contributed by atoms with Gasteiger partial charge in [-0.05, 0) is 52.4 Å². The Bertz CT molecular complexity index is 2080. The van der Waals surface area contributed by atoms with Crippen LogP contribution in [0, 0.1) is 0 Å². The lowest BCUT2D eigenvalue weighted by Crippen LogP contribution is -2.61. The van der Waals surface area contributed by atoms with Crippen molar-refractivity contribution >= 4 is 96.3 Å². The second kappa shape index (κ2) is 30.1. The molecule has 1 fully saturated rings. The minimum Gasteiger partial charge on any atom is -0.480 e. The highest BCUT2D eigenvalue weighted by molar-refractivity contribution is 7.80. The van der Waals surface area contributed by atoms with E-state index in [2.05, 4.69) is 77.4 Å². The van der Waals surface area contributed by atoms with E-state index >= 15 is 0 Å². The molecule has 29 nitrogen and oxygen atoms in total. The van der Waals surface area contributed by atoms with Crippen molar-refractivity contribution in [1.82, 2.24) is 52.1 Å². The first-order valence-electron chi connectivity index (χ1n) is 22.3. The highest BCUT2D eigenvalue weighted by atomic mass is 32.1. The second-order valence-electron chi connectivity index (χ2n) is 16.5. The number of carbonyl (C=O) groups excluding carboxylic acids is 10. The molecule has 20 N–H and O–H groups in total. The third-order valence-corrected chi connectivity index (χ3v) is 11.5. The lowest BCUT2D eigenvalue weighted by Gasteiger charge is -2.30. The molecular weight excluding hydrogens is 977 g/mol. The lowest BCUT2D eigenvalue weighted by atomic mass is 10.0. The third kappa shape index (κ3) is 20.6. The van der Waals surface area contributed by atoms with Gasteiger partial charge in [0.15, 0.2) is 5.96 Å². The number of nitrogens with two attached hydrogens (primary N) is 5. The molecule has 0 spiro atoms. The van der Waals surface area contributed by atoms with Crippen LogP contribution in [0.4, 0.5) is 0 Å². The molecule has 0 bridgehead atoms. The number of nitrogens with one attached hydrogen (secondary N) is 8. The SMILES string of the molecule is C[C@H](NC(=O)[C@@H](NC(=O)[C@@H](N)CS)[C@@H](C)O)C(=O)N1CCC[C@H]1C(=O)N[C@@H](CCC(N)=O)C(=O)N[C@@H](Cc1cnc[nH]1)C(=O)N[C@@H](CCCN=C(N)N)C(=O)N[C@@H](CCC(N)=O)C(=O)N[C@@H](CS)C(=O)O. The van der Waals surface area contributed by atoms with Gasteiger partial charge in [-0.3, -0.25) is 52.9 Å². The highest BCUT2D eigenvalue weighted by Crippen LogP contribution is 2.20. The summed E-state index contributed by atoms with van der Waals surface area (Å²) in [5.41, 5.74) is 27.6. The van der Waals surface area contributed by atoms with E-state index in [1.54, 1.807) is 0 Å². The fourth-order valence-corrected chi connectivity index (χ4v) is 7.33. The number of aliphatic carboxylic acids is 1. The highest BCUT2D eigenvalue weighted by Gasteiger charge is 2.40. The Morgan fingerprint density at radius 2 is 1.28 bits per heavy atom. The number of aliphatic hydroxyl groups is 1. The number of hydrogen-bond donors (Lipinski definition) is 17. The molecule has 1 aliphatic rings. The maximum atomic E-state index is 14.2. The van der Waals surface area contributed by atoms with Gasteiger partial charge in [0.05, 0.1) is 18.5 Å². The van der Waals surface area contributed by atoms with Gasteiger partial charge >= 0.3 is 5.97 Å². The van der Waals surface area contributed by atoms with Crippen molar-refractivity contribution in [3.8, 4) is 0 Å². The number of imidazole rings is 1. The number of likely N-dealkylation sites (tertiary alicyclic amines) is 1. The number of aliphatic imine (C=N–C) groups is 1. The summed E-state index contributed by atoms with van der Waals surface area (Å²) in [6, 6.07) is -12.7. The predicted octanol–water partition coefficient (Wildman–Crippen LogP) is -7.41. The van der Waals surface area contributed by atoms with Gasteiger partial charge in [-0.25, -0.2) is 9.78 Å². The first-order chi connectivity index (χ1) is 33.4. The second-order valence-corrected chi connectivity index (χ2v) is 17.2. The summed E-state index contributed by atoms with van der Waals surface area (Å²) in [6.45, 7) is 2.57. The Labute approximate surface area is 418 Å². The number of nitrogens with zero attached hydrogens (tertiary/aromatic N) is 3. The first kappa shape index (κ1) is 60.4. The van der Waals surface area contributed by atoms with E-state index in [0.29, 0.717) is 12.1 Å². The Morgan fingerprint density at radius 1 is 0.746 bits per heavy atom. The third-order valence-electron chi connectivity index (χ3n) is 10.8. The van der Waals surface area contributed by atoms with Crippen molar-refractivity contribution in [3.63, 3.8) is 0 Å². The van der Waals surface area contributed by atoms with Crippen molar-refractivity contribution in [1.29, 1.82) is 0 Å². The van der Waals surface area contributed by atoms with Gasteiger partial charge in [-0.2, -0.15) is 25.3 Å². The average Bonchev–Trinajstić information content (AvgIpc) is 4.02. The quantitative estimate of drug-likeness (QED) is 0.0142. The van der Waals surface area contributed by atoms with Crippen LogP contribution >= 0.6 is 25.3 Å². The van der Waals surface area contributed by atoms with Crippen LogP contribution in [0.1, 0.15) is 70.9 Å². The van der Waals surface area contributed by atoms with Crippen LogP contribution in [0.5, 0.6) is 0 Å². The van der Waals surface area contributed by atoms with Gasteiger partial charge in [0.1, 0.15) is 48.3 Å². The Morgan fingerprint density at radius 3 is 1.77 bits per heavy atom. The van der Waals surface area contributed by atoms with Crippen molar-refractivity contribution in [2.45, 2.75) is 132 Å². The number of guanidine groups is 1. The van der Waals surface area contributed by atoms with E-state index in [0.717, 1.165) is 4.90 Å². The summed E-state index contributed by atoms with van der Waals surface area (Å²) < 4.78 is 0. The molecule has 2 heterocycles. The molecule has 1 aliphatic heterocycles. The summed E-state index contributed by atoms with van der Waals surface area (Å²) in [5, 5.41) is 36.6. The molecule has 0 aliphatic carbocycles. The number of H-pyrrole nitrogens is 1. The molecule has 2 rings (SSSR count). The number of rotatable bonds is 31. The van der Waals surface area contributed by atoms with Crippen molar-refractivity contribution in [2.24, 2.45) is 33.7 Å². The van der Waals surface area contributed by atoms with E-state index in [1.807, 2.05) is 0 Å². The number of carboxylic acids is 1. The molecule has 10 amide bonds. The summed E-state index contributed by atoms with van der Waals surface area (Å²) in [7, 11) is 0. The van der Waals surface area contributed by atoms with Gasteiger partial charge in [0, 0.05) is 55.7 Å². The number of aromatic amines is 1. The van der Waals surface area contributed by atoms with Crippen LogP contribution in [0.3, 0.4) is 0 Å². The monoisotopic (exact) mass is 1040 g/mol. The largest absolute Gasteiger partial charge is 0.480 e. The maximum Gasteiger partial charge on any atom is 0.327 e. The maximum absolute atomic E-state index is 14.2. The fraction of sp³-hybridized carbons (Fsp3) is 0.625. The molecule has 10 atom stereocenters. The van der Waals surface area contributed by atoms with Gasteiger partial charge in [0.2, 0.25) is 59.1 Å². The number of aromatic nitrogens is 2. The average molecular weight is 1040 g/mol. The smallest absolute Gasteiger partial charge is 0.327 e. The summed E-state index contributed by atoms with van der Waals surface area (Å²) in [4.78, 5) is 156.